The Morgan fingerprint density at radius 3 is 2.71 bits per heavy atom. The fourth-order valence-corrected chi connectivity index (χ4v) is 3.19. The van der Waals surface area contributed by atoms with Crippen molar-refractivity contribution in [2.45, 2.75) is 25.3 Å². The maximum Gasteiger partial charge on any atom is 0.231 e. The minimum Gasteiger partial charge on any atom is -0.480 e. The van der Waals surface area contributed by atoms with Gasteiger partial charge in [0.15, 0.2) is 11.5 Å². The average Bonchev–Trinajstić information content (AvgIpc) is 3.21. The van der Waals surface area contributed by atoms with Gasteiger partial charge in [0.05, 0.1) is 19.0 Å². The molecule has 0 N–H and O–H groups in total. The highest BCUT2D eigenvalue weighted by atomic mass is 16.5. The van der Waals surface area contributed by atoms with E-state index in [0.717, 1.165) is 49.6 Å². The molecule has 1 saturated heterocycles. The van der Waals surface area contributed by atoms with E-state index in [0.29, 0.717) is 11.8 Å². The summed E-state index contributed by atoms with van der Waals surface area (Å²) in [6, 6.07) is 3.68. The van der Waals surface area contributed by atoms with E-state index in [2.05, 4.69) is 30.4 Å². The molecule has 3 aromatic heterocycles. The van der Waals surface area contributed by atoms with Crippen LogP contribution in [-0.4, -0.2) is 59.9 Å². The van der Waals surface area contributed by atoms with Crippen molar-refractivity contribution >= 4 is 5.65 Å². The van der Waals surface area contributed by atoms with Crippen LogP contribution in [0.15, 0.2) is 18.3 Å². The van der Waals surface area contributed by atoms with E-state index in [1.807, 2.05) is 23.8 Å². The Hall–Kier alpha value is -2.55. The van der Waals surface area contributed by atoms with Crippen molar-refractivity contribution in [1.82, 2.24) is 39.7 Å². The number of hydrogen-bond acceptors (Lipinski definition) is 7. The second-order valence-corrected chi connectivity index (χ2v) is 6.08. The molecule has 1 aliphatic rings. The summed E-state index contributed by atoms with van der Waals surface area (Å²) >= 11 is 0. The average molecular weight is 328 g/mol. The summed E-state index contributed by atoms with van der Waals surface area (Å²) in [7, 11) is 3.45. The van der Waals surface area contributed by atoms with E-state index in [1.54, 1.807) is 18.0 Å². The summed E-state index contributed by atoms with van der Waals surface area (Å²) in [5.74, 6) is 1.85. The number of piperidine rings is 1. The second kappa shape index (κ2) is 6.16. The van der Waals surface area contributed by atoms with Crippen molar-refractivity contribution in [1.29, 1.82) is 0 Å². The third-order valence-corrected chi connectivity index (χ3v) is 4.46. The fourth-order valence-electron chi connectivity index (χ4n) is 3.19. The van der Waals surface area contributed by atoms with Crippen LogP contribution in [-0.2, 0) is 13.6 Å². The summed E-state index contributed by atoms with van der Waals surface area (Å²) < 4.78 is 7.02. The SMILES string of the molecule is COc1ccc2nnc(C3CCN(Cc4cnn(C)n4)CC3)n2n1. The van der Waals surface area contributed by atoms with Gasteiger partial charge in [0.2, 0.25) is 5.88 Å². The Morgan fingerprint density at radius 2 is 2.00 bits per heavy atom. The van der Waals surface area contributed by atoms with E-state index < -0.39 is 0 Å². The van der Waals surface area contributed by atoms with E-state index in [9.17, 15) is 0 Å². The fraction of sp³-hybridized carbons (Fsp3) is 0.533. The molecular formula is C15H20N8O. The Morgan fingerprint density at radius 1 is 1.17 bits per heavy atom. The number of aromatic nitrogens is 7. The molecule has 0 saturated carbocycles. The zero-order valence-electron chi connectivity index (χ0n) is 13.8. The highest BCUT2D eigenvalue weighted by Gasteiger charge is 2.25. The van der Waals surface area contributed by atoms with Crippen LogP contribution in [0, 0.1) is 0 Å². The molecule has 9 heteroatoms. The first-order chi connectivity index (χ1) is 11.7. The Balaban J connectivity index is 1.45. The third kappa shape index (κ3) is 2.82. The monoisotopic (exact) mass is 328 g/mol. The molecule has 1 aliphatic heterocycles. The number of ether oxygens (including phenoxy) is 1. The molecule has 126 valence electrons. The molecule has 0 atom stereocenters. The zero-order chi connectivity index (χ0) is 16.5. The summed E-state index contributed by atoms with van der Waals surface area (Å²) in [6.45, 7) is 2.84. The van der Waals surface area contributed by atoms with Crippen LogP contribution in [0.2, 0.25) is 0 Å². The normalized spacial score (nSPS) is 16.8. The number of hydrogen-bond donors (Lipinski definition) is 0. The first-order valence-corrected chi connectivity index (χ1v) is 8.07. The lowest BCUT2D eigenvalue weighted by atomic mass is 9.96. The molecule has 0 spiro atoms. The van der Waals surface area contributed by atoms with Crippen LogP contribution < -0.4 is 4.74 Å². The van der Waals surface area contributed by atoms with Crippen molar-refractivity contribution in [3.05, 3.63) is 29.8 Å². The van der Waals surface area contributed by atoms with Crippen LogP contribution in [0.5, 0.6) is 5.88 Å². The van der Waals surface area contributed by atoms with Crippen molar-refractivity contribution in [3.8, 4) is 5.88 Å². The number of rotatable bonds is 4. The predicted octanol–water partition coefficient (Wildman–Crippen LogP) is 0.641. The third-order valence-electron chi connectivity index (χ3n) is 4.46. The smallest absolute Gasteiger partial charge is 0.231 e. The van der Waals surface area contributed by atoms with E-state index in [1.165, 1.54) is 0 Å². The van der Waals surface area contributed by atoms with Crippen LogP contribution in [0.4, 0.5) is 0 Å². The summed E-state index contributed by atoms with van der Waals surface area (Å²) in [6.07, 6.45) is 3.88. The molecule has 9 nitrogen and oxygen atoms in total. The summed E-state index contributed by atoms with van der Waals surface area (Å²) in [5.41, 5.74) is 1.77. The molecule has 0 aromatic carbocycles. The first kappa shape index (κ1) is 15.0. The lowest BCUT2D eigenvalue weighted by Crippen LogP contribution is -2.33. The minimum absolute atomic E-state index is 0.359. The van der Waals surface area contributed by atoms with Gasteiger partial charge >= 0.3 is 0 Å². The summed E-state index contributed by atoms with van der Waals surface area (Å²) in [4.78, 5) is 4.00. The summed E-state index contributed by atoms with van der Waals surface area (Å²) in [5, 5.41) is 21.5. The van der Waals surface area contributed by atoms with Crippen molar-refractivity contribution in [2.75, 3.05) is 20.2 Å². The number of fused-ring (bicyclic) bond motifs is 1. The van der Waals surface area contributed by atoms with Crippen LogP contribution in [0.3, 0.4) is 0 Å². The molecule has 0 aliphatic carbocycles. The number of methoxy groups -OCH3 is 1. The quantitative estimate of drug-likeness (QED) is 0.694. The lowest BCUT2D eigenvalue weighted by molar-refractivity contribution is 0.198. The minimum atomic E-state index is 0.359. The van der Waals surface area contributed by atoms with Crippen LogP contribution >= 0.6 is 0 Å². The molecule has 4 heterocycles. The van der Waals surface area contributed by atoms with E-state index >= 15 is 0 Å². The highest BCUT2D eigenvalue weighted by molar-refractivity contribution is 5.38. The molecule has 0 radical (unpaired) electrons. The van der Waals surface area contributed by atoms with Crippen molar-refractivity contribution < 1.29 is 4.74 Å². The first-order valence-electron chi connectivity index (χ1n) is 8.07. The molecule has 3 aromatic rings. The van der Waals surface area contributed by atoms with Gasteiger partial charge in [-0.1, -0.05) is 0 Å². The predicted molar refractivity (Wildman–Crippen MR) is 85.6 cm³/mol. The topological polar surface area (TPSA) is 86.3 Å². The van der Waals surface area contributed by atoms with Gasteiger partial charge in [0.25, 0.3) is 0 Å². The molecule has 0 amide bonds. The van der Waals surface area contributed by atoms with Gasteiger partial charge in [-0.2, -0.15) is 19.5 Å². The lowest BCUT2D eigenvalue weighted by Gasteiger charge is -2.30. The maximum atomic E-state index is 5.21. The highest BCUT2D eigenvalue weighted by Crippen LogP contribution is 2.27. The van der Waals surface area contributed by atoms with Gasteiger partial charge in [-0.05, 0) is 32.0 Å². The number of likely N-dealkylation sites (tertiary alicyclic amines) is 1. The molecule has 0 unspecified atom stereocenters. The Labute approximate surface area is 139 Å². The van der Waals surface area contributed by atoms with E-state index in [-0.39, 0.29) is 0 Å². The van der Waals surface area contributed by atoms with Gasteiger partial charge < -0.3 is 4.74 Å². The molecule has 0 bridgehead atoms. The molecule has 24 heavy (non-hydrogen) atoms. The molecule has 1 fully saturated rings. The van der Waals surface area contributed by atoms with Gasteiger partial charge in [-0.25, -0.2) is 0 Å². The van der Waals surface area contributed by atoms with Crippen molar-refractivity contribution in [2.24, 2.45) is 7.05 Å². The van der Waals surface area contributed by atoms with Crippen molar-refractivity contribution in [3.63, 3.8) is 0 Å². The van der Waals surface area contributed by atoms with Gasteiger partial charge in [-0.15, -0.1) is 15.3 Å². The zero-order valence-corrected chi connectivity index (χ0v) is 13.8. The largest absolute Gasteiger partial charge is 0.480 e. The van der Waals surface area contributed by atoms with Gasteiger partial charge in [0, 0.05) is 25.6 Å². The van der Waals surface area contributed by atoms with E-state index in [4.69, 9.17) is 4.74 Å². The van der Waals surface area contributed by atoms with Gasteiger partial charge in [0.1, 0.15) is 0 Å². The van der Waals surface area contributed by atoms with Crippen LogP contribution in [0.1, 0.15) is 30.3 Å². The Bertz CT molecular complexity index is 833. The molecule has 4 rings (SSSR count). The second-order valence-electron chi connectivity index (χ2n) is 6.08. The molecular weight excluding hydrogens is 308 g/mol. The van der Waals surface area contributed by atoms with Gasteiger partial charge in [-0.3, -0.25) is 4.90 Å². The maximum absolute atomic E-state index is 5.21. The standard InChI is InChI=1S/C15H20N8O/c1-21-16-9-12(19-21)10-22-7-5-11(6-8-22)15-18-17-13-3-4-14(24-2)20-23(13)15/h3-4,9,11H,5-8,10H2,1-2H3. The van der Waals surface area contributed by atoms with Crippen LogP contribution in [0.25, 0.3) is 5.65 Å². The number of aryl methyl sites for hydroxylation is 1. The Kier molecular flexibility index (Phi) is 3.85. The number of nitrogens with zero attached hydrogens (tertiary/aromatic N) is 8.